The topological polar surface area (TPSA) is 97.1 Å². The zero-order chi connectivity index (χ0) is 16.5. The molecular weight excluding hydrogens is 278 g/mol. The monoisotopic (exact) mass is 299 g/mol. The number of carbonyl (C=O) groups excluding carboxylic acids is 1. The van der Waals surface area contributed by atoms with Gasteiger partial charge in [-0.2, -0.15) is 4.99 Å². The van der Waals surface area contributed by atoms with Gasteiger partial charge in [-0.1, -0.05) is 45.0 Å². The van der Waals surface area contributed by atoms with Gasteiger partial charge in [-0.25, -0.2) is 4.99 Å². The summed E-state index contributed by atoms with van der Waals surface area (Å²) in [4.78, 5) is 21.2. The minimum Gasteiger partial charge on any atom is -0.369 e. The van der Waals surface area contributed by atoms with E-state index in [2.05, 4.69) is 30.8 Å². The molecule has 1 aliphatic heterocycles. The quantitative estimate of drug-likeness (QED) is 0.806. The third-order valence-electron chi connectivity index (χ3n) is 3.41. The van der Waals surface area contributed by atoms with Gasteiger partial charge in [0, 0.05) is 18.7 Å². The minimum atomic E-state index is -0.581. The summed E-state index contributed by atoms with van der Waals surface area (Å²) in [5.74, 6) is 0.513. The van der Waals surface area contributed by atoms with Crippen LogP contribution in [0.25, 0.3) is 0 Å². The highest BCUT2D eigenvalue weighted by molar-refractivity contribution is 6.08. The van der Waals surface area contributed by atoms with E-state index < -0.39 is 5.91 Å². The third-order valence-corrected chi connectivity index (χ3v) is 3.41. The van der Waals surface area contributed by atoms with Crippen LogP contribution < -0.4 is 11.5 Å². The summed E-state index contributed by atoms with van der Waals surface area (Å²) in [6.07, 6.45) is 1.23. The molecular formula is C16H21N5O. The molecule has 1 aromatic rings. The highest BCUT2D eigenvalue weighted by Gasteiger charge is 2.19. The summed E-state index contributed by atoms with van der Waals surface area (Å²) >= 11 is 0. The Hall–Kier alpha value is -2.63. The normalized spacial score (nSPS) is 17.3. The van der Waals surface area contributed by atoms with E-state index in [0.717, 1.165) is 5.56 Å². The number of amidine groups is 1. The van der Waals surface area contributed by atoms with Crippen LogP contribution in [0.4, 0.5) is 0 Å². The molecule has 116 valence electrons. The third kappa shape index (κ3) is 3.33. The maximum Gasteiger partial charge on any atom is 0.245 e. The molecule has 0 unspecified atom stereocenters. The second kappa shape index (κ2) is 5.63. The van der Waals surface area contributed by atoms with Gasteiger partial charge in [0.1, 0.15) is 5.82 Å². The second-order valence-electron chi connectivity index (χ2n) is 6.20. The molecule has 22 heavy (non-hydrogen) atoms. The van der Waals surface area contributed by atoms with Crippen molar-refractivity contribution in [3.63, 3.8) is 0 Å². The van der Waals surface area contributed by atoms with Gasteiger partial charge in [0.15, 0.2) is 5.84 Å². The number of guanidine groups is 1. The van der Waals surface area contributed by atoms with E-state index in [9.17, 15) is 4.79 Å². The molecule has 0 fully saturated rings. The Kier molecular flexibility index (Phi) is 4.03. The summed E-state index contributed by atoms with van der Waals surface area (Å²) in [6.45, 7) is 6.46. The van der Waals surface area contributed by atoms with E-state index in [4.69, 9.17) is 11.5 Å². The van der Waals surface area contributed by atoms with Crippen LogP contribution in [0, 0.1) is 0 Å². The standard InChI is InChI=1S/C16H21N5O/c1-16(2,3)11-7-5-10(6-8-11)14-19-13(9-12(17)22)21(4)15(18)20-14/h5-9H,1-4H3,(H2,17,22)(H2,18,19,20)/b13-9-. The van der Waals surface area contributed by atoms with Crippen LogP contribution in [-0.2, 0) is 10.2 Å². The molecule has 6 heteroatoms. The minimum absolute atomic E-state index is 0.0758. The Morgan fingerprint density at radius 3 is 2.27 bits per heavy atom. The van der Waals surface area contributed by atoms with Gasteiger partial charge in [0.05, 0.1) is 0 Å². The van der Waals surface area contributed by atoms with Crippen LogP contribution in [0.15, 0.2) is 46.1 Å². The summed E-state index contributed by atoms with van der Waals surface area (Å²) in [5.41, 5.74) is 13.2. The van der Waals surface area contributed by atoms with Gasteiger partial charge >= 0.3 is 0 Å². The van der Waals surface area contributed by atoms with Gasteiger partial charge in [-0.15, -0.1) is 0 Å². The van der Waals surface area contributed by atoms with Crippen LogP contribution in [0.2, 0.25) is 0 Å². The lowest BCUT2D eigenvalue weighted by Gasteiger charge is -2.23. The fraction of sp³-hybridized carbons (Fsp3) is 0.312. The molecule has 2 rings (SSSR count). The summed E-state index contributed by atoms with van der Waals surface area (Å²) in [6, 6.07) is 7.98. The average molecular weight is 299 g/mol. The number of carbonyl (C=O) groups is 1. The Balaban J connectivity index is 2.41. The van der Waals surface area contributed by atoms with Crippen molar-refractivity contribution in [2.45, 2.75) is 26.2 Å². The molecule has 0 saturated heterocycles. The molecule has 0 spiro atoms. The van der Waals surface area contributed by atoms with E-state index in [0.29, 0.717) is 11.7 Å². The number of nitrogens with zero attached hydrogens (tertiary/aromatic N) is 3. The van der Waals surface area contributed by atoms with Gasteiger partial charge < -0.3 is 11.5 Å². The molecule has 0 radical (unpaired) electrons. The Bertz CT molecular complexity index is 677. The first-order chi connectivity index (χ1) is 10.2. The van der Waals surface area contributed by atoms with E-state index in [1.54, 1.807) is 7.05 Å². The molecule has 0 aromatic heterocycles. The fourth-order valence-electron chi connectivity index (χ4n) is 2.01. The van der Waals surface area contributed by atoms with Crippen LogP contribution in [0.3, 0.4) is 0 Å². The molecule has 4 N–H and O–H groups in total. The number of aliphatic imine (C=N–C) groups is 2. The van der Waals surface area contributed by atoms with Gasteiger partial charge in [0.2, 0.25) is 11.9 Å². The Morgan fingerprint density at radius 1 is 1.18 bits per heavy atom. The smallest absolute Gasteiger partial charge is 0.245 e. The van der Waals surface area contributed by atoms with Gasteiger partial charge in [-0.3, -0.25) is 9.69 Å². The van der Waals surface area contributed by atoms with E-state index in [1.165, 1.54) is 16.5 Å². The van der Waals surface area contributed by atoms with E-state index in [1.807, 2.05) is 24.3 Å². The molecule has 0 aliphatic carbocycles. The number of hydrogen-bond acceptors (Lipinski definition) is 5. The van der Waals surface area contributed by atoms with Crippen molar-refractivity contribution in [3.05, 3.63) is 47.3 Å². The number of benzene rings is 1. The zero-order valence-electron chi connectivity index (χ0n) is 13.3. The van der Waals surface area contributed by atoms with Crippen molar-refractivity contribution in [1.82, 2.24) is 4.90 Å². The van der Waals surface area contributed by atoms with Crippen molar-refractivity contribution < 1.29 is 4.79 Å². The van der Waals surface area contributed by atoms with Crippen molar-refractivity contribution in [2.75, 3.05) is 7.05 Å². The second-order valence-corrected chi connectivity index (χ2v) is 6.20. The molecule has 1 heterocycles. The van der Waals surface area contributed by atoms with Crippen molar-refractivity contribution in [2.24, 2.45) is 21.5 Å². The summed E-state index contributed by atoms with van der Waals surface area (Å²) in [5, 5.41) is 0. The van der Waals surface area contributed by atoms with Crippen LogP contribution in [-0.4, -0.2) is 29.6 Å². The lowest BCUT2D eigenvalue weighted by Crippen LogP contribution is -2.37. The van der Waals surface area contributed by atoms with Gasteiger partial charge in [0.25, 0.3) is 0 Å². The maximum atomic E-state index is 11.1. The predicted molar refractivity (Wildman–Crippen MR) is 88.3 cm³/mol. The number of amides is 1. The lowest BCUT2D eigenvalue weighted by molar-refractivity contribution is -0.113. The maximum absolute atomic E-state index is 11.1. The first-order valence-electron chi connectivity index (χ1n) is 6.97. The van der Waals surface area contributed by atoms with E-state index >= 15 is 0 Å². The average Bonchev–Trinajstić information content (AvgIpc) is 2.42. The van der Waals surface area contributed by atoms with Crippen LogP contribution >= 0.6 is 0 Å². The molecule has 1 amide bonds. The Labute approximate surface area is 130 Å². The molecule has 1 aliphatic rings. The molecule has 0 saturated carbocycles. The lowest BCUT2D eigenvalue weighted by atomic mass is 9.86. The summed E-state index contributed by atoms with van der Waals surface area (Å²) in [7, 11) is 1.68. The van der Waals surface area contributed by atoms with Crippen molar-refractivity contribution in [1.29, 1.82) is 0 Å². The molecule has 1 aromatic carbocycles. The van der Waals surface area contributed by atoms with Crippen LogP contribution in [0.1, 0.15) is 31.9 Å². The zero-order valence-corrected chi connectivity index (χ0v) is 13.3. The van der Waals surface area contributed by atoms with Crippen LogP contribution in [0.5, 0.6) is 0 Å². The number of nitrogens with two attached hydrogens (primary N) is 2. The SMILES string of the molecule is CN1C(N)=NC(c2ccc(C(C)(C)C)cc2)=N/C1=C/C(N)=O. The first kappa shape index (κ1) is 15.8. The fourth-order valence-corrected chi connectivity index (χ4v) is 2.01. The predicted octanol–water partition coefficient (Wildman–Crippen LogP) is 1.32. The molecule has 0 atom stereocenters. The largest absolute Gasteiger partial charge is 0.369 e. The highest BCUT2D eigenvalue weighted by Crippen LogP contribution is 2.23. The first-order valence-corrected chi connectivity index (χ1v) is 6.97. The number of hydrogen-bond donors (Lipinski definition) is 2. The van der Waals surface area contributed by atoms with Gasteiger partial charge in [-0.05, 0) is 11.0 Å². The van der Waals surface area contributed by atoms with E-state index in [-0.39, 0.29) is 11.4 Å². The number of primary amides is 1. The van der Waals surface area contributed by atoms with Crippen molar-refractivity contribution >= 4 is 17.7 Å². The van der Waals surface area contributed by atoms with Crippen molar-refractivity contribution in [3.8, 4) is 0 Å². The highest BCUT2D eigenvalue weighted by atomic mass is 16.1. The number of rotatable bonds is 2. The molecule has 0 bridgehead atoms. The molecule has 6 nitrogen and oxygen atoms in total. The summed E-state index contributed by atoms with van der Waals surface area (Å²) < 4.78 is 0. The Morgan fingerprint density at radius 2 is 1.77 bits per heavy atom.